The third-order valence-corrected chi connectivity index (χ3v) is 9.41. The zero-order valence-electron chi connectivity index (χ0n) is 20.7. The second-order valence-electron chi connectivity index (χ2n) is 9.58. The number of piperazine rings is 1. The summed E-state index contributed by atoms with van der Waals surface area (Å²) in [6.07, 6.45) is 5.34. The van der Waals surface area contributed by atoms with Crippen molar-refractivity contribution < 1.29 is 13.2 Å². The van der Waals surface area contributed by atoms with Gasteiger partial charge in [0.1, 0.15) is 0 Å². The number of hydrazine groups is 1. The zero-order valence-corrected chi connectivity index (χ0v) is 22.3. The van der Waals surface area contributed by atoms with Crippen molar-refractivity contribution >= 4 is 44.0 Å². The van der Waals surface area contributed by atoms with Crippen molar-refractivity contribution in [3.05, 3.63) is 65.9 Å². The maximum Gasteiger partial charge on any atom is 0.252 e. The number of piperidine rings is 1. The van der Waals surface area contributed by atoms with E-state index in [1.807, 2.05) is 24.2 Å². The number of fused-ring (bicyclic) bond motifs is 1. The zero-order chi connectivity index (χ0) is 26.2. The minimum atomic E-state index is -3.88. The van der Waals surface area contributed by atoms with Crippen molar-refractivity contribution in [2.45, 2.75) is 29.8 Å². The normalized spacial score (nSPS) is 20.2. The van der Waals surface area contributed by atoms with Crippen LogP contribution >= 0.6 is 11.6 Å². The Morgan fingerprint density at radius 3 is 2.43 bits per heavy atom. The molecule has 3 aromatic rings. The Labute approximate surface area is 222 Å². The number of sulfonamides is 1. The molecule has 2 aromatic carbocycles. The fourth-order valence-corrected chi connectivity index (χ4v) is 6.97. The second-order valence-corrected chi connectivity index (χ2v) is 12.0. The van der Waals surface area contributed by atoms with Crippen LogP contribution in [0.4, 0.5) is 5.69 Å². The Bertz CT molecular complexity index is 1380. The molecule has 1 unspecified atom stereocenters. The molecular weight excluding hydrogens is 512 g/mol. The fourth-order valence-electron chi connectivity index (χ4n) is 5.33. The number of anilines is 1. The van der Waals surface area contributed by atoms with Gasteiger partial charge in [0.05, 0.1) is 17.5 Å². The number of nitrogens with two attached hydrogens (primary N) is 1. The molecule has 37 heavy (non-hydrogen) atoms. The van der Waals surface area contributed by atoms with E-state index in [4.69, 9.17) is 17.3 Å². The van der Waals surface area contributed by atoms with E-state index in [1.54, 1.807) is 53.8 Å². The van der Waals surface area contributed by atoms with Crippen LogP contribution in [-0.2, 0) is 14.8 Å². The Hall–Kier alpha value is -2.76. The smallest absolute Gasteiger partial charge is 0.252 e. The van der Waals surface area contributed by atoms with Crippen molar-refractivity contribution in [1.82, 2.24) is 19.3 Å². The number of hydrogen-bond donors (Lipinski definition) is 1. The maximum atomic E-state index is 13.5. The molecule has 0 aliphatic carbocycles. The number of carbonyl (C=O) groups is 1. The van der Waals surface area contributed by atoms with Gasteiger partial charge < -0.3 is 10.6 Å². The summed E-state index contributed by atoms with van der Waals surface area (Å²) in [7, 11) is -1.98. The fraction of sp³-hybridized carbons (Fsp3) is 0.385. The standard InChI is InChI=1S/C26H31ClN6O3S/c1-30(22-8-12-31(13-9-22)23-6-10-29-11-7-23)33-24(16-28)17-32(18-26(33)34)37(35,36)25-5-3-19-14-21(27)4-2-20(19)15-25/h2-7,10-11,14-15,22,24H,8-9,12-13,16-18,28H2,1H3. The summed E-state index contributed by atoms with van der Waals surface area (Å²) in [5, 5.41) is 5.87. The first-order chi connectivity index (χ1) is 17.8. The Kier molecular flexibility index (Phi) is 7.37. The molecule has 196 valence electrons. The lowest BCUT2D eigenvalue weighted by atomic mass is 10.0. The average Bonchev–Trinajstić information content (AvgIpc) is 2.92. The quantitative estimate of drug-likeness (QED) is 0.510. The van der Waals surface area contributed by atoms with Crippen LogP contribution in [-0.4, -0.2) is 85.5 Å². The predicted octanol–water partition coefficient (Wildman–Crippen LogP) is 2.56. The maximum absolute atomic E-state index is 13.5. The minimum Gasteiger partial charge on any atom is -0.371 e. The van der Waals surface area contributed by atoms with Crippen LogP contribution in [0.15, 0.2) is 65.8 Å². The van der Waals surface area contributed by atoms with Crippen molar-refractivity contribution in [1.29, 1.82) is 0 Å². The highest BCUT2D eigenvalue weighted by Crippen LogP contribution is 2.28. The van der Waals surface area contributed by atoms with Gasteiger partial charge in [0.15, 0.2) is 0 Å². The molecular formula is C26H31ClN6O3S. The molecule has 3 heterocycles. The molecule has 2 fully saturated rings. The summed E-state index contributed by atoms with van der Waals surface area (Å²) in [4.78, 5) is 19.9. The van der Waals surface area contributed by atoms with Crippen LogP contribution in [0.1, 0.15) is 12.8 Å². The second kappa shape index (κ2) is 10.5. The molecule has 2 aliphatic heterocycles. The SMILES string of the molecule is CN(C1CCN(c2ccncc2)CC1)N1C(=O)CN(S(=O)(=O)c2ccc3cc(Cl)ccc3c2)CC1CN. The molecule has 9 nitrogen and oxygen atoms in total. The van der Waals surface area contributed by atoms with Crippen LogP contribution < -0.4 is 10.6 Å². The summed E-state index contributed by atoms with van der Waals surface area (Å²) in [5.74, 6) is -0.267. The van der Waals surface area contributed by atoms with E-state index in [-0.39, 0.29) is 36.5 Å². The highest BCUT2D eigenvalue weighted by atomic mass is 35.5. The highest BCUT2D eigenvalue weighted by Gasteiger charge is 2.41. The molecule has 1 aromatic heterocycles. The van der Waals surface area contributed by atoms with E-state index in [1.165, 1.54) is 4.31 Å². The summed E-state index contributed by atoms with van der Waals surface area (Å²) in [6.45, 7) is 1.80. The van der Waals surface area contributed by atoms with Gasteiger partial charge in [-0.05, 0) is 60.0 Å². The lowest BCUT2D eigenvalue weighted by Gasteiger charge is -2.48. The number of aromatic nitrogens is 1. The van der Waals surface area contributed by atoms with Crippen LogP contribution in [0.2, 0.25) is 5.02 Å². The van der Waals surface area contributed by atoms with Crippen LogP contribution in [0.3, 0.4) is 0 Å². The molecule has 1 atom stereocenters. The number of nitrogens with zero attached hydrogens (tertiary/aromatic N) is 5. The minimum absolute atomic E-state index is 0.142. The Morgan fingerprint density at radius 1 is 1.05 bits per heavy atom. The van der Waals surface area contributed by atoms with Gasteiger partial charge in [-0.1, -0.05) is 23.7 Å². The van der Waals surface area contributed by atoms with E-state index in [0.717, 1.165) is 42.4 Å². The van der Waals surface area contributed by atoms with Gasteiger partial charge in [0.2, 0.25) is 10.0 Å². The molecule has 0 radical (unpaired) electrons. The number of rotatable bonds is 6. The van der Waals surface area contributed by atoms with Gasteiger partial charge >= 0.3 is 0 Å². The van der Waals surface area contributed by atoms with E-state index in [0.29, 0.717) is 5.02 Å². The molecule has 0 saturated carbocycles. The molecule has 2 N–H and O–H groups in total. The molecule has 0 bridgehead atoms. The largest absolute Gasteiger partial charge is 0.371 e. The average molecular weight is 543 g/mol. The van der Waals surface area contributed by atoms with Crippen LogP contribution in [0.5, 0.6) is 0 Å². The lowest BCUT2D eigenvalue weighted by Crippen LogP contribution is -2.66. The summed E-state index contributed by atoms with van der Waals surface area (Å²) >= 11 is 6.06. The number of amides is 1. The number of halogens is 1. The number of benzene rings is 2. The summed E-state index contributed by atoms with van der Waals surface area (Å²) < 4.78 is 28.3. The van der Waals surface area contributed by atoms with Crippen molar-refractivity contribution in [3.8, 4) is 0 Å². The summed E-state index contributed by atoms with van der Waals surface area (Å²) in [6, 6.07) is 13.9. The third-order valence-electron chi connectivity index (χ3n) is 7.37. The number of hydrogen-bond acceptors (Lipinski definition) is 7. The van der Waals surface area contributed by atoms with Gasteiger partial charge in [0, 0.05) is 62.4 Å². The molecule has 11 heteroatoms. The monoisotopic (exact) mass is 542 g/mol. The first-order valence-electron chi connectivity index (χ1n) is 12.4. The van der Waals surface area contributed by atoms with E-state index < -0.39 is 16.1 Å². The van der Waals surface area contributed by atoms with Gasteiger partial charge in [-0.2, -0.15) is 4.31 Å². The molecule has 1 amide bonds. The number of pyridine rings is 1. The first-order valence-corrected chi connectivity index (χ1v) is 14.2. The number of carbonyl (C=O) groups excluding carboxylic acids is 1. The third kappa shape index (κ3) is 5.17. The van der Waals surface area contributed by atoms with E-state index in [9.17, 15) is 13.2 Å². The first kappa shape index (κ1) is 25.9. The molecule has 2 aliphatic rings. The van der Waals surface area contributed by atoms with E-state index in [2.05, 4.69) is 9.88 Å². The van der Waals surface area contributed by atoms with Gasteiger partial charge in [-0.25, -0.2) is 13.4 Å². The van der Waals surface area contributed by atoms with Crippen LogP contribution in [0, 0.1) is 0 Å². The topological polar surface area (TPSA) is 103 Å². The summed E-state index contributed by atoms with van der Waals surface area (Å²) in [5.41, 5.74) is 7.23. The van der Waals surface area contributed by atoms with Crippen LogP contribution in [0.25, 0.3) is 10.8 Å². The lowest BCUT2D eigenvalue weighted by molar-refractivity contribution is -0.164. The van der Waals surface area contributed by atoms with Crippen molar-refractivity contribution in [2.24, 2.45) is 5.73 Å². The van der Waals surface area contributed by atoms with Gasteiger partial charge in [-0.15, -0.1) is 0 Å². The Morgan fingerprint density at radius 2 is 1.73 bits per heavy atom. The molecule has 0 spiro atoms. The molecule has 5 rings (SSSR count). The van der Waals surface area contributed by atoms with Crippen molar-refractivity contribution in [2.75, 3.05) is 44.7 Å². The Balaban J connectivity index is 1.29. The van der Waals surface area contributed by atoms with E-state index >= 15 is 0 Å². The van der Waals surface area contributed by atoms with Crippen molar-refractivity contribution in [3.63, 3.8) is 0 Å². The predicted molar refractivity (Wildman–Crippen MR) is 145 cm³/mol. The van der Waals surface area contributed by atoms with Gasteiger partial charge in [-0.3, -0.25) is 14.8 Å². The van der Waals surface area contributed by atoms with Gasteiger partial charge in [0.25, 0.3) is 5.91 Å². The molecule has 2 saturated heterocycles. The highest BCUT2D eigenvalue weighted by molar-refractivity contribution is 7.89.